The third kappa shape index (κ3) is 26.1. The maximum atomic E-state index is 11.8. The summed E-state index contributed by atoms with van der Waals surface area (Å²) >= 11 is 0. The first-order valence-corrected chi connectivity index (χ1v) is 18.1. The van der Waals surface area contributed by atoms with E-state index in [-0.39, 0.29) is 17.7 Å². The number of epoxide rings is 3. The minimum Gasteiger partial charge on any atom is -0.466 e. The van der Waals surface area contributed by atoms with Crippen molar-refractivity contribution < 1.29 is 38.1 Å². The maximum Gasteiger partial charge on any atom is 0.302 e. The van der Waals surface area contributed by atoms with Gasteiger partial charge in [0.2, 0.25) is 0 Å². The van der Waals surface area contributed by atoms with Crippen molar-refractivity contribution in [1.82, 2.24) is 0 Å². The van der Waals surface area contributed by atoms with Crippen LogP contribution in [0.5, 0.6) is 0 Å². The molecule has 1 saturated carbocycles. The molecule has 8 heteroatoms. The van der Waals surface area contributed by atoms with Gasteiger partial charge in [0, 0.05) is 37.8 Å². The smallest absolute Gasteiger partial charge is 0.302 e. The molecule has 1 aliphatic carbocycles. The number of benzene rings is 3. The molecule has 0 spiro atoms. The van der Waals surface area contributed by atoms with Crippen molar-refractivity contribution in [2.24, 2.45) is 5.92 Å². The fourth-order valence-electron chi connectivity index (χ4n) is 4.24. The summed E-state index contributed by atoms with van der Waals surface area (Å²) in [5.41, 5.74) is 1.47. The van der Waals surface area contributed by atoms with Crippen LogP contribution in [0.2, 0.25) is 0 Å². The van der Waals surface area contributed by atoms with Crippen LogP contribution in [0.3, 0.4) is 0 Å². The van der Waals surface area contributed by atoms with E-state index in [1.54, 1.807) is 0 Å². The van der Waals surface area contributed by atoms with Crippen LogP contribution < -0.4 is 0 Å². The Morgan fingerprint density at radius 1 is 0.540 bits per heavy atom. The van der Waals surface area contributed by atoms with Crippen molar-refractivity contribution >= 4 is 17.7 Å². The summed E-state index contributed by atoms with van der Waals surface area (Å²) in [6, 6.07) is 30.6. The zero-order valence-corrected chi connectivity index (χ0v) is 30.5. The monoisotopic (exact) mass is 690 g/mol. The number of hydrogen-bond donors (Lipinski definition) is 0. The van der Waals surface area contributed by atoms with Crippen LogP contribution in [0.4, 0.5) is 0 Å². The molecule has 3 aliphatic heterocycles. The molecule has 3 heterocycles. The van der Waals surface area contributed by atoms with Gasteiger partial charge in [0.15, 0.2) is 5.78 Å². The van der Waals surface area contributed by atoms with E-state index < -0.39 is 0 Å². The summed E-state index contributed by atoms with van der Waals surface area (Å²) in [5, 5.41) is 0. The molecule has 0 aromatic heterocycles. The second-order valence-corrected chi connectivity index (χ2v) is 12.4. The van der Waals surface area contributed by atoms with E-state index in [1.807, 2.05) is 97.1 Å². The molecular formula is C42H58O8. The number of ketones is 1. The lowest BCUT2D eigenvalue weighted by Crippen LogP contribution is -2.02. The van der Waals surface area contributed by atoms with E-state index in [9.17, 15) is 14.4 Å². The van der Waals surface area contributed by atoms with Gasteiger partial charge in [-0.15, -0.1) is 0 Å². The fraction of sp³-hybridized carbons (Fsp3) is 0.500. The molecular weight excluding hydrogens is 632 g/mol. The first-order chi connectivity index (χ1) is 24.3. The van der Waals surface area contributed by atoms with Gasteiger partial charge in [-0.3, -0.25) is 14.4 Å². The highest BCUT2D eigenvalue weighted by molar-refractivity contribution is 6.08. The van der Waals surface area contributed by atoms with E-state index >= 15 is 0 Å². The standard InChI is InChI=1S/C13H10O.2C6H10O3.C6H12.C6H6.C5H10O/c14-13(11-7-3-1-4-8-11)12-9-5-2-6-10-12;2*1-5(7)8-3-2-6-4-9-6;1-2-3-6-4-5-6;1-2-4-6-5-3-1;1-2-3-5-4-6-5/h1-10H;2*6H,2-4H2,1H3;6H,2-5H2,1H3;1-6H;5H,2-4H2,1H3. The van der Waals surface area contributed by atoms with Crippen molar-refractivity contribution in [3.8, 4) is 0 Å². The summed E-state index contributed by atoms with van der Waals surface area (Å²) in [6.45, 7) is 11.0. The highest BCUT2D eigenvalue weighted by atomic mass is 16.6. The van der Waals surface area contributed by atoms with Crippen LogP contribution in [0.15, 0.2) is 97.1 Å². The second-order valence-electron chi connectivity index (χ2n) is 12.4. The molecule has 274 valence electrons. The Hall–Kier alpha value is -3.85. The zero-order chi connectivity index (χ0) is 36.2. The number of hydrogen-bond acceptors (Lipinski definition) is 8. The first-order valence-electron chi connectivity index (χ1n) is 18.1. The number of rotatable bonds is 12. The van der Waals surface area contributed by atoms with Gasteiger partial charge in [0.1, 0.15) is 0 Å². The number of carbonyl (C=O) groups is 3. The Kier molecular flexibility index (Phi) is 22.8. The minimum absolute atomic E-state index is 0.0752. The van der Waals surface area contributed by atoms with Crippen LogP contribution in [-0.2, 0) is 33.3 Å². The molecule has 0 N–H and O–H groups in total. The SMILES string of the molecule is CC(=O)OCCC1CO1.CC(=O)OCCC1CO1.CCCC1CC1.CCCC1CO1.O=C(c1ccccc1)c1ccccc1.c1ccccc1. The summed E-state index contributed by atoms with van der Waals surface area (Å²) < 4.78 is 24.1. The molecule has 3 saturated heterocycles. The zero-order valence-electron chi connectivity index (χ0n) is 30.5. The number of esters is 2. The van der Waals surface area contributed by atoms with Gasteiger partial charge in [-0.2, -0.15) is 0 Å². The van der Waals surface area contributed by atoms with Gasteiger partial charge in [0.05, 0.1) is 51.3 Å². The Balaban J connectivity index is 0.000000215. The van der Waals surface area contributed by atoms with Gasteiger partial charge < -0.3 is 23.7 Å². The van der Waals surface area contributed by atoms with Crippen molar-refractivity contribution in [3.63, 3.8) is 0 Å². The molecule has 0 bridgehead atoms. The van der Waals surface area contributed by atoms with Crippen LogP contribution in [0.25, 0.3) is 0 Å². The first kappa shape index (κ1) is 42.3. The molecule has 0 radical (unpaired) electrons. The third-order valence-electron chi connectivity index (χ3n) is 7.44. The second kappa shape index (κ2) is 26.9. The van der Waals surface area contributed by atoms with Gasteiger partial charge in [-0.05, 0) is 12.3 Å². The molecule has 4 aliphatic rings. The van der Waals surface area contributed by atoms with E-state index in [0.717, 1.165) is 49.7 Å². The largest absolute Gasteiger partial charge is 0.466 e. The van der Waals surface area contributed by atoms with Crippen LogP contribution in [-0.4, -0.2) is 69.1 Å². The molecule has 0 amide bonds. The minimum atomic E-state index is -0.212. The molecule has 3 aromatic carbocycles. The summed E-state index contributed by atoms with van der Waals surface area (Å²) in [7, 11) is 0. The van der Waals surface area contributed by atoms with Gasteiger partial charge in [-0.25, -0.2) is 0 Å². The summed E-state index contributed by atoms with van der Waals surface area (Å²) in [5.74, 6) is 0.799. The molecule has 50 heavy (non-hydrogen) atoms. The van der Waals surface area contributed by atoms with Crippen molar-refractivity contribution in [2.75, 3.05) is 33.0 Å². The van der Waals surface area contributed by atoms with Crippen LogP contribution in [0.1, 0.15) is 95.0 Å². The number of carbonyl (C=O) groups excluding carboxylic acids is 3. The summed E-state index contributed by atoms with van der Waals surface area (Å²) in [4.78, 5) is 32.2. The van der Waals surface area contributed by atoms with Gasteiger partial charge in [-0.1, -0.05) is 143 Å². The van der Waals surface area contributed by atoms with Crippen molar-refractivity contribution in [2.45, 2.75) is 97.4 Å². The Bertz CT molecular complexity index is 1160. The predicted octanol–water partition coefficient (Wildman–Crippen LogP) is 8.66. The van der Waals surface area contributed by atoms with Gasteiger partial charge in [0.25, 0.3) is 0 Å². The quantitative estimate of drug-likeness (QED) is 0.106. The average Bonchev–Trinajstić information content (AvgIpc) is 3.93. The van der Waals surface area contributed by atoms with Crippen molar-refractivity contribution in [3.05, 3.63) is 108 Å². The van der Waals surface area contributed by atoms with E-state index in [0.29, 0.717) is 31.5 Å². The number of ether oxygens (including phenoxy) is 5. The molecule has 4 fully saturated rings. The highest BCUT2D eigenvalue weighted by Gasteiger charge is 2.22. The average molecular weight is 691 g/mol. The lowest BCUT2D eigenvalue weighted by molar-refractivity contribution is -0.142. The Morgan fingerprint density at radius 3 is 1.10 bits per heavy atom. The van der Waals surface area contributed by atoms with E-state index in [4.69, 9.17) is 14.2 Å². The Labute approximate surface area is 299 Å². The van der Waals surface area contributed by atoms with Gasteiger partial charge >= 0.3 is 11.9 Å². The van der Waals surface area contributed by atoms with Crippen LogP contribution >= 0.6 is 0 Å². The molecule has 8 nitrogen and oxygen atoms in total. The predicted molar refractivity (Wildman–Crippen MR) is 197 cm³/mol. The molecule has 3 aromatic rings. The fourth-order valence-corrected chi connectivity index (χ4v) is 4.24. The van der Waals surface area contributed by atoms with Crippen LogP contribution in [0, 0.1) is 5.92 Å². The normalized spacial score (nSPS) is 18.4. The molecule has 7 rings (SSSR count). The maximum absolute atomic E-state index is 11.8. The molecule has 3 unspecified atom stereocenters. The molecule has 3 atom stereocenters. The topological polar surface area (TPSA) is 107 Å². The van der Waals surface area contributed by atoms with E-state index in [1.165, 1.54) is 52.4 Å². The summed E-state index contributed by atoms with van der Waals surface area (Å²) in [6.07, 6.45) is 11.5. The lowest BCUT2D eigenvalue weighted by Gasteiger charge is -1.99. The highest BCUT2D eigenvalue weighted by Crippen LogP contribution is 2.33. The van der Waals surface area contributed by atoms with Crippen molar-refractivity contribution in [1.29, 1.82) is 0 Å². The lowest BCUT2D eigenvalue weighted by atomic mass is 10.0. The van der Waals surface area contributed by atoms with E-state index in [2.05, 4.69) is 23.3 Å². The Morgan fingerprint density at radius 2 is 0.860 bits per heavy atom. The third-order valence-corrected chi connectivity index (χ3v) is 7.44.